The van der Waals surface area contributed by atoms with E-state index in [1.807, 2.05) is 0 Å². The summed E-state index contributed by atoms with van der Waals surface area (Å²) in [6.07, 6.45) is 0. The van der Waals surface area contributed by atoms with E-state index >= 15 is 0 Å². The molecule has 1 aromatic carbocycles. The van der Waals surface area contributed by atoms with Crippen molar-refractivity contribution in [2.45, 2.75) is 6.04 Å². The first-order valence-corrected chi connectivity index (χ1v) is 4.53. The molecular formula is C10H13F2NO3. The van der Waals surface area contributed by atoms with Crippen LogP contribution in [0.4, 0.5) is 8.78 Å². The molecule has 0 bridgehead atoms. The van der Waals surface area contributed by atoms with Crippen molar-refractivity contribution in [3.05, 3.63) is 23.3 Å². The lowest BCUT2D eigenvalue weighted by atomic mass is 10.1. The van der Waals surface area contributed by atoms with E-state index in [1.165, 1.54) is 14.2 Å². The Labute approximate surface area is 91.6 Å². The minimum absolute atomic E-state index is 0.183. The van der Waals surface area contributed by atoms with Crippen LogP contribution in [0.2, 0.25) is 0 Å². The Morgan fingerprint density at radius 1 is 1.25 bits per heavy atom. The number of aliphatic hydroxyl groups excluding tert-OH is 1. The van der Waals surface area contributed by atoms with Gasteiger partial charge in [-0.05, 0) is 0 Å². The van der Waals surface area contributed by atoms with Crippen LogP contribution in [-0.2, 0) is 0 Å². The van der Waals surface area contributed by atoms with Crippen molar-refractivity contribution >= 4 is 0 Å². The molecule has 0 aliphatic carbocycles. The zero-order valence-corrected chi connectivity index (χ0v) is 8.96. The third-order valence-corrected chi connectivity index (χ3v) is 2.18. The Morgan fingerprint density at radius 3 is 2.00 bits per heavy atom. The van der Waals surface area contributed by atoms with Crippen LogP contribution in [0.3, 0.4) is 0 Å². The Balaban J connectivity index is 3.43. The van der Waals surface area contributed by atoms with Gasteiger partial charge in [-0.1, -0.05) is 0 Å². The summed E-state index contributed by atoms with van der Waals surface area (Å²) < 4.78 is 36.8. The van der Waals surface area contributed by atoms with Crippen LogP contribution in [0.1, 0.15) is 11.6 Å². The molecule has 3 N–H and O–H groups in total. The molecule has 1 unspecified atom stereocenters. The fourth-order valence-corrected chi connectivity index (χ4v) is 1.32. The van der Waals surface area contributed by atoms with Crippen LogP contribution in [0.5, 0.6) is 11.5 Å². The highest BCUT2D eigenvalue weighted by atomic mass is 19.1. The van der Waals surface area contributed by atoms with E-state index in [-0.39, 0.29) is 11.5 Å². The second kappa shape index (κ2) is 5.09. The van der Waals surface area contributed by atoms with Gasteiger partial charge in [-0.15, -0.1) is 0 Å². The smallest absolute Gasteiger partial charge is 0.173 e. The standard InChI is InChI=1S/C10H13F2NO3/c1-15-6-3-7(16-2)10(12)8(9(6)11)5(13)4-14/h3,5,14H,4,13H2,1-2H3. The van der Waals surface area contributed by atoms with Crippen molar-refractivity contribution in [3.8, 4) is 11.5 Å². The van der Waals surface area contributed by atoms with Gasteiger partial charge in [0.25, 0.3) is 0 Å². The number of benzene rings is 1. The van der Waals surface area contributed by atoms with Gasteiger partial charge in [0, 0.05) is 6.07 Å². The lowest BCUT2D eigenvalue weighted by Gasteiger charge is -2.15. The van der Waals surface area contributed by atoms with E-state index < -0.39 is 29.8 Å². The highest BCUT2D eigenvalue weighted by Crippen LogP contribution is 2.33. The summed E-state index contributed by atoms with van der Waals surface area (Å²) in [5.41, 5.74) is 4.96. The average molecular weight is 233 g/mol. The van der Waals surface area contributed by atoms with E-state index in [2.05, 4.69) is 0 Å². The summed E-state index contributed by atoms with van der Waals surface area (Å²) in [5.74, 6) is -2.22. The minimum Gasteiger partial charge on any atom is -0.494 e. The zero-order valence-electron chi connectivity index (χ0n) is 8.96. The maximum absolute atomic E-state index is 13.7. The molecule has 0 aliphatic heterocycles. The second-order valence-electron chi connectivity index (χ2n) is 3.11. The zero-order chi connectivity index (χ0) is 12.3. The first-order valence-electron chi connectivity index (χ1n) is 4.53. The van der Waals surface area contributed by atoms with Gasteiger partial charge in [-0.3, -0.25) is 0 Å². The van der Waals surface area contributed by atoms with Crippen LogP contribution in [0.25, 0.3) is 0 Å². The van der Waals surface area contributed by atoms with Crippen molar-refractivity contribution in [2.24, 2.45) is 5.73 Å². The number of rotatable bonds is 4. The number of hydrogen-bond donors (Lipinski definition) is 2. The molecule has 1 aromatic rings. The maximum atomic E-state index is 13.7. The van der Waals surface area contributed by atoms with Gasteiger partial charge in [0.05, 0.1) is 32.4 Å². The Morgan fingerprint density at radius 2 is 1.69 bits per heavy atom. The number of ether oxygens (including phenoxy) is 2. The van der Waals surface area contributed by atoms with Crippen molar-refractivity contribution in [2.75, 3.05) is 20.8 Å². The van der Waals surface area contributed by atoms with Gasteiger partial charge in [0.15, 0.2) is 23.1 Å². The lowest BCUT2D eigenvalue weighted by molar-refractivity contribution is 0.258. The predicted octanol–water partition coefficient (Wildman–Crippen LogP) is 0.974. The molecule has 0 fully saturated rings. The van der Waals surface area contributed by atoms with Crippen molar-refractivity contribution < 1.29 is 23.4 Å². The Kier molecular flexibility index (Phi) is 4.03. The van der Waals surface area contributed by atoms with E-state index in [1.54, 1.807) is 0 Å². The quantitative estimate of drug-likeness (QED) is 0.813. The molecule has 1 rings (SSSR count). The third-order valence-electron chi connectivity index (χ3n) is 2.18. The monoisotopic (exact) mass is 233 g/mol. The van der Waals surface area contributed by atoms with Gasteiger partial charge >= 0.3 is 0 Å². The second-order valence-corrected chi connectivity index (χ2v) is 3.11. The first-order chi connectivity index (χ1) is 7.56. The topological polar surface area (TPSA) is 64.7 Å². The number of halogens is 2. The van der Waals surface area contributed by atoms with Crippen LogP contribution >= 0.6 is 0 Å². The summed E-state index contributed by atoms with van der Waals surface area (Å²) in [7, 11) is 2.48. The van der Waals surface area contributed by atoms with E-state index in [0.29, 0.717) is 0 Å². The van der Waals surface area contributed by atoms with Crippen LogP contribution in [-0.4, -0.2) is 25.9 Å². The summed E-state index contributed by atoms with van der Waals surface area (Å²) in [4.78, 5) is 0. The molecule has 0 saturated carbocycles. The van der Waals surface area contributed by atoms with E-state index in [4.69, 9.17) is 20.3 Å². The summed E-state index contributed by atoms with van der Waals surface area (Å²) in [6.45, 7) is -0.579. The number of hydrogen-bond acceptors (Lipinski definition) is 4. The molecule has 6 heteroatoms. The molecule has 4 nitrogen and oxygen atoms in total. The molecule has 0 amide bonds. The summed E-state index contributed by atoms with van der Waals surface area (Å²) in [5, 5.41) is 8.82. The normalized spacial score (nSPS) is 12.4. The highest BCUT2D eigenvalue weighted by molar-refractivity contribution is 5.43. The third kappa shape index (κ3) is 2.07. The predicted molar refractivity (Wildman–Crippen MR) is 53.5 cm³/mol. The summed E-state index contributed by atoms with van der Waals surface area (Å²) in [6, 6.07) is -0.0814. The molecule has 0 saturated heterocycles. The Bertz CT molecular complexity index is 357. The van der Waals surface area contributed by atoms with Gasteiger partial charge in [-0.2, -0.15) is 0 Å². The fraction of sp³-hybridized carbons (Fsp3) is 0.400. The Hall–Kier alpha value is -1.40. The van der Waals surface area contributed by atoms with Gasteiger partial charge < -0.3 is 20.3 Å². The molecule has 0 spiro atoms. The van der Waals surface area contributed by atoms with E-state index in [9.17, 15) is 8.78 Å². The van der Waals surface area contributed by atoms with Gasteiger partial charge in [0.2, 0.25) is 0 Å². The molecular weight excluding hydrogens is 220 g/mol. The van der Waals surface area contributed by atoms with Crippen molar-refractivity contribution in [1.82, 2.24) is 0 Å². The largest absolute Gasteiger partial charge is 0.494 e. The number of aliphatic hydroxyl groups is 1. The van der Waals surface area contributed by atoms with Crippen molar-refractivity contribution in [3.63, 3.8) is 0 Å². The highest BCUT2D eigenvalue weighted by Gasteiger charge is 2.23. The molecule has 90 valence electrons. The molecule has 0 radical (unpaired) electrons. The summed E-state index contributed by atoms with van der Waals surface area (Å²) >= 11 is 0. The molecule has 1 atom stereocenters. The molecule has 0 aliphatic rings. The van der Waals surface area contributed by atoms with Crippen LogP contribution in [0, 0.1) is 11.6 Å². The first kappa shape index (κ1) is 12.7. The lowest BCUT2D eigenvalue weighted by Crippen LogP contribution is -2.19. The van der Waals surface area contributed by atoms with Gasteiger partial charge in [0.1, 0.15) is 0 Å². The number of methoxy groups -OCH3 is 2. The SMILES string of the molecule is COc1cc(OC)c(F)c(C(N)CO)c1F. The van der Waals surface area contributed by atoms with Gasteiger partial charge in [-0.25, -0.2) is 8.78 Å². The van der Waals surface area contributed by atoms with Crippen LogP contribution < -0.4 is 15.2 Å². The average Bonchev–Trinajstić information content (AvgIpc) is 2.29. The minimum atomic E-state index is -1.16. The fourth-order valence-electron chi connectivity index (χ4n) is 1.32. The van der Waals surface area contributed by atoms with Crippen molar-refractivity contribution in [1.29, 1.82) is 0 Å². The maximum Gasteiger partial charge on any atom is 0.173 e. The van der Waals surface area contributed by atoms with E-state index in [0.717, 1.165) is 6.07 Å². The molecule has 16 heavy (non-hydrogen) atoms. The number of nitrogens with two attached hydrogens (primary N) is 1. The molecule has 0 heterocycles. The molecule has 0 aromatic heterocycles. The van der Waals surface area contributed by atoms with Crippen LogP contribution in [0.15, 0.2) is 6.07 Å².